The second kappa shape index (κ2) is 5.86. The van der Waals surface area contributed by atoms with Crippen LogP contribution in [-0.2, 0) is 9.94 Å². The van der Waals surface area contributed by atoms with Gasteiger partial charge < -0.3 is 4.18 Å². The lowest BCUT2D eigenvalue weighted by atomic mass is 10.2. The largest absolute Gasteiger partial charge is 0.311 e. The Balaban J connectivity index is 2.20. The van der Waals surface area contributed by atoms with Crippen molar-refractivity contribution in [2.75, 3.05) is 6.61 Å². The Morgan fingerprint density at radius 2 is 2.08 bits per heavy atom. The Morgan fingerprint density at radius 1 is 1.33 bits per heavy atom. The molecule has 64 valence electrons. The van der Waals surface area contributed by atoms with Crippen LogP contribution in [0.4, 0.5) is 0 Å². The number of hydrogen-bond acceptors (Lipinski definition) is 2. The van der Waals surface area contributed by atoms with Gasteiger partial charge in [0.05, 0.1) is 6.61 Å². The molecular weight excluding hydrogens is 168 g/mol. The lowest BCUT2D eigenvalue weighted by Gasteiger charge is -1.99. The molecule has 2 heteroatoms. The van der Waals surface area contributed by atoms with Crippen molar-refractivity contribution >= 4 is 12.0 Å². The normalized spacial score (nSPS) is 9.67. The summed E-state index contributed by atoms with van der Waals surface area (Å²) >= 11 is 1.46. The van der Waals surface area contributed by atoms with Crippen LogP contribution >= 0.6 is 12.0 Å². The van der Waals surface area contributed by atoms with Crippen molar-refractivity contribution in [3.8, 4) is 0 Å². The van der Waals surface area contributed by atoms with E-state index >= 15 is 0 Å². The molecule has 1 rings (SSSR count). The standard InChI is InChI=1S/C10H12OS/c1-2-8-11-12-9-10-6-4-3-5-7-10/h2-7H,1,8-9H2. The molecule has 0 unspecified atom stereocenters. The summed E-state index contributed by atoms with van der Waals surface area (Å²) in [6.07, 6.45) is 1.75. The molecule has 0 saturated carbocycles. The second-order valence-electron chi connectivity index (χ2n) is 2.32. The van der Waals surface area contributed by atoms with Gasteiger partial charge in [0.25, 0.3) is 0 Å². The van der Waals surface area contributed by atoms with Crippen LogP contribution in [0.15, 0.2) is 43.0 Å². The van der Waals surface area contributed by atoms with Gasteiger partial charge in [-0.15, -0.1) is 6.58 Å². The second-order valence-corrected chi connectivity index (χ2v) is 3.08. The quantitative estimate of drug-likeness (QED) is 0.391. The molecule has 0 aliphatic carbocycles. The first-order valence-corrected chi connectivity index (χ1v) is 4.74. The predicted molar refractivity (Wildman–Crippen MR) is 53.9 cm³/mol. The summed E-state index contributed by atoms with van der Waals surface area (Å²) in [5.74, 6) is 0.898. The van der Waals surface area contributed by atoms with E-state index in [9.17, 15) is 0 Å². The van der Waals surface area contributed by atoms with Gasteiger partial charge in [-0.1, -0.05) is 36.4 Å². The molecule has 0 fully saturated rings. The van der Waals surface area contributed by atoms with E-state index in [-0.39, 0.29) is 0 Å². The highest BCUT2D eigenvalue weighted by atomic mass is 32.2. The van der Waals surface area contributed by atoms with Crippen LogP contribution in [-0.4, -0.2) is 6.61 Å². The van der Waals surface area contributed by atoms with Crippen molar-refractivity contribution in [2.45, 2.75) is 5.75 Å². The van der Waals surface area contributed by atoms with Crippen molar-refractivity contribution in [3.05, 3.63) is 48.6 Å². The summed E-state index contributed by atoms with van der Waals surface area (Å²) in [7, 11) is 0. The minimum absolute atomic E-state index is 0.609. The fourth-order valence-corrected chi connectivity index (χ4v) is 1.38. The number of hydrogen-bond donors (Lipinski definition) is 0. The van der Waals surface area contributed by atoms with E-state index < -0.39 is 0 Å². The Morgan fingerprint density at radius 3 is 2.75 bits per heavy atom. The van der Waals surface area contributed by atoms with E-state index in [0.717, 1.165) is 5.75 Å². The topological polar surface area (TPSA) is 9.23 Å². The molecule has 12 heavy (non-hydrogen) atoms. The average molecular weight is 180 g/mol. The SMILES string of the molecule is C=CCOSCc1ccccc1. The van der Waals surface area contributed by atoms with E-state index in [1.54, 1.807) is 6.08 Å². The molecule has 0 saturated heterocycles. The fourth-order valence-electron chi connectivity index (χ4n) is 0.780. The van der Waals surface area contributed by atoms with Gasteiger partial charge >= 0.3 is 0 Å². The molecule has 0 spiro atoms. The molecule has 1 aromatic carbocycles. The van der Waals surface area contributed by atoms with Crippen molar-refractivity contribution in [1.82, 2.24) is 0 Å². The number of benzene rings is 1. The molecule has 1 nitrogen and oxygen atoms in total. The van der Waals surface area contributed by atoms with Crippen LogP contribution in [0.5, 0.6) is 0 Å². The van der Waals surface area contributed by atoms with E-state index in [1.807, 2.05) is 18.2 Å². The number of rotatable bonds is 5. The predicted octanol–water partition coefficient (Wildman–Crippen LogP) is 3.04. The molecule has 0 aliphatic rings. The van der Waals surface area contributed by atoms with Gasteiger partial charge in [-0.25, -0.2) is 0 Å². The fraction of sp³-hybridized carbons (Fsp3) is 0.200. The van der Waals surface area contributed by atoms with Crippen LogP contribution in [0.1, 0.15) is 5.56 Å². The zero-order valence-electron chi connectivity index (χ0n) is 6.90. The molecule has 0 N–H and O–H groups in total. The van der Waals surface area contributed by atoms with E-state index in [4.69, 9.17) is 4.18 Å². The van der Waals surface area contributed by atoms with Gasteiger partial charge in [-0.2, -0.15) is 0 Å². The Hall–Kier alpha value is -0.730. The smallest absolute Gasteiger partial charge is 0.0792 e. The van der Waals surface area contributed by atoms with Gasteiger partial charge in [0.1, 0.15) is 0 Å². The minimum atomic E-state index is 0.609. The molecule has 1 aromatic rings. The maximum Gasteiger partial charge on any atom is 0.0792 e. The zero-order valence-corrected chi connectivity index (χ0v) is 7.72. The lowest BCUT2D eigenvalue weighted by Crippen LogP contribution is -1.82. The maximum atomic E-state index is 5.19. The van der Waals surface area contributed by atoms with Crippen molar-refractivity contribution in [1.29, 1.82) is 0 Å². The third-order valence-electron chi connectivity index (χ3n) is 1.34. The van der Waals surface area contributed by atoms with Crippen molar-refractivity contribution in [2.24, 2.45) is 0 Å². The van der Waals surface area contributed by atoms with Crippen LogP contribution in [0.2, 0.25) is 0 Å². The monoisotopic (exact) mass is 180 g/mol. The van der Waals surface area contributed by atoms with Crippen LogP contribution in [0.25, 0.3) is 0 Å². The summed E-state index contributed by atoms with van der Waals surface area (Å²) in [6.45, 7) is 4.18. The van der Waals surface area contributed by atoms with Crippen molar-refractivity contribution in [3.63, 3.8) is 0 Å². The van der Waals surface area contributed by atoms with Gasteiger partial charge in [0.15, 0.2) is 0 Å². The van der Waals surface area contributed by atoms with Gasteiger partial charge in [0.2, 0.25) is 0 Å². The first-order valence-electron chi connectivity index (χ1n) is 3.82. The molecule has 0 heterocycles. The van der Waals surface area contributed by atoms with Crippen LogP contribution in [0.3, 0.4) is 0 Å². The molecule has 0 bridgehead atoms. The summed E-state index contributed by atoms with van der Waals surface area (Å²) in [4.78, 5) is 0. The Labute approximate surface area is 77.6 Å². The van der Waals surface area contributed by atoms with E-state index in [0.29, 0.717) is 6.61 Å². The van der Waals surface area contributed by atoms with Gasteiger partial charge in [-0.05, 0) is 17.6 Å². The molecule has 0 atom stereocenters. The molecule has 0 amide bonds. The lowest BCUT2D eigenvalue weighted by molar-refractivity contribution is 0.429. The summed E-state index contributed by atoms with van der Waals surface area (Å²) < 4.78 is 5.19. The molecule has 0 radical (unpaired) electrons. The van der Waals surface area contributed by atoms with E-state index in [1.165, 1.54) is 17.6 Å². The Kier molecular flexibility index (Phi) is 4.57. The van der Waals surface area contributed by atoms with Crippen molar-refractivity contribution < 1.29 is 4.18 Å². The summed E-state index contributed by atoms with van der Waals surface area (Å²) in [5, 5.41) is 0. The summed E-state index contributed by atoms with van der Waals surface area (Å²) in [6, 6.07) is 10.3. The summed E-state index contributed by atoms with van der Waals surface area (Å²) in [5.41, 5.74) is 1.28. The highest BCUT2D eigenvalue weighted by Gasteiger charge is 1.90. The third-order valence-corrected chi connectivity index (χ3v) is 2.09. The average Bonchev–Trinajstić information content (AvgIpc) is 2.14. The highest BCUT2D eigenvalue weighted by molar-refractivity contribution is 7.93. The molecular formula is C10H12OS. The van der Waals surface area contributed by atoms with Gasteiger partial charge in [-0.3, -0.25) is 0 Å². The van der Waals surface area contributed by atoms with Crippen LogP contribution in [0, 0.1) is 0 Å². The maximum absolute atomic E-state index is 5.19. The van der Waals surface area contributed by atoms with Gasteiger partial charge in [0, 0.05) is 5.75 Å². The molecule has 0 aromatic heterocycles. The van der Waals surface area contributed by atoms with E-state index in [2.05, 4.69) is 18.7 Å². The minimum Gasteiger partial charge on any atom is -0.311 e. The Bertz CT molecular complexity index is 221. The van der Waals surface area contributed by atoms with Crippen LogP contribution < -0.4 is 0 Å². The third kappa shape index (κ3) is 3.60. The highest BCUT2D eigenvalue weighted by Crippen LogP contribution is 2.12. The zero-order chi connectivity index (χ0) is 8.65. The first kappa shape index (κ1) is 9.36. The molecule has 0 aliphatic heterocycles. The first-order chi connectivity index (χ1) is 5.93.